The summed E-state index contributed by atoms with van der Waals surface area (Å²) in [6.45, 7) is 0. The minimum atomic E-state index is 0.271. The Hall–Kier alpha value is -3.69. The van der Waals surface area contributed by atoms with E-state index in [2.05, 4.69) is 4.98 Å². The van der Waals surface area contributed by atoms with E-state index in [0.29, 0.717) is 17.3 Å². The maximum atomic E-state index is 10.6. The Balaban J connectivity index is 1.67. The molecule has 0 aliphatic carbocycles. The second kappa shape index (κ2) is 8.21. The smallest absolute Gasteiger partial charge is 0.159 e. The van der Waals surface area contributed by atoms with Crippen molar-refractivity contribution in [3.05, 3.63) is 113 Å². The number of hydrogen-bond donors (Lipinski definition) is 1. The second-order valence-corrected chi connectivity index (χ2v) is 7.84. The van der Waals surface area contributed by atoms with E-state index >= 15 is 0 Å². The van der Waals surface area contributed by atoms with Gasteiger partial charge in [0.05, 0.1) is 5.69 Å². The number of phenols is 1. The zero-order valence-electron chi connectivity index (χ0n) is 16.7. The van der Waals surface area contributed by atoms with Gasteiger partial charge in [0.1, 0.15) is 5.75 Å². The van der Waals surface area contributed by atoms with E-state index in [9.17, 15) is 5.11 Å². The van der Waals surface area contributed by atoms with E-state index in [0.717, 1.165) is 38.7 Å². The van der Waals surface area contributed by atoms with E-state index in [1.165, 1.54) is 0 Å². The molecule has 0 aliphatic heterocycles. The molecule has 150 valence electrons. The largest absolute Gasteiger partial charge is 0.508 e. The number of nitrogens with zero attached hydrogens (tertiary/aromatic N) is 2. The monoisotopic (exact) mass is 422 g/mol. The molecule has 0 bridgehead atoms. The highest BCUT2D eigenvalue weighted by Crippen LogP contribution is 2.33. The molecule has 0 unspecified atom stereocenters. The van der Waals surface area contributed by atoms with Gasteiger partial charge in [0, 0.05) is 39.9 Å². The van der Waals surface area contributed by atoms with Gasteiger partial charge in [-0.3, -0.25) is 0 Å². The molecule has 0 spiro atoms. The summed E-state index contributed by atoms with van der Waals surface area (Å²) < 4.78 is 0. The van der Waals surface area contributed by atoms with Crippen LogP contribution in [0.1, 0.15) is 11.1 Å². The number of hydrogen-bond acceptors (Lipinski definition) is 3. The molecular formula is C27H19ClN2O. The predicted molar refractivity (Wildman–Crippen MR) is 126 cm³/mol. The lowest BCUT2D eigenvalue weighted by atomic mass is 9.95. The van der Waals surface area contributed by atoms with Gasteiger partial charge >= 0.3 is 0 Å². The molecule has 5 rings (SSSR count). The lowest BCUT2D eigenvalue weighted by molar-refractivity contribution is 0.470. The number of halogens is 1. The third-order valence-corrected chi connectivity index (χ3v) is 5.65. The van der Waals surface area contributed by atoms with Gasteiger partial charge in [-0.05, 0) is 29.0 Å². The van der Waals surface area contributed by atoms with Crippen LogP contribution in [0.3, 0.4) is 0 Å². The number of phenolic OH excluding ortho intramolecular Hbond substituents is 1. The fourth-order valence-electron chi connectivity index (χ4n) is 3.82. The first-order valence-electron chi connectivity index (χ1n) is 10.1. The summed E-state index contributed by atoms with van der Waals surface area (Å²) in [4.78, 5) is 9.55. The van der Waals surface area contributed by atoms with E-state index in [-0.39, 0.29) is 5.75 Å². The highest BCUT2D eigenvalue weighted by molar-refractivity contribution is 6.30. The minimum absolute atomic E-state index is 0.271. The quantitative estimate of drug-likeness (QED) is 0.342. The summed E-state index contributed by atoms with van der Waals surface area (Å²) in [5, 5.41) is 13.4. The van der Waals surface area contributed by atoms with E-state index in [4.69, 9.17) is 16.6 Å². The molecule has 0 aliphatic rings. The van der Waals surface area contributed by atoms with Gasteiger partial charge in [-0.1, -0.05) is 84.4 Å². The van der Waals surface area contributed by atoms with Crippen LogP contribution in [0.4, 0.5) is 0 Å². The summed E-state index contributed by atoms with van der Waals surface area (Å²) >= 11 is 6.12. The van der Waals surface area contributed by atoms with Crippen molar-refractivity contribution < 1.29 is 5.11 Å². The molecule has 4 aromatic carbocycles. The molecule has 1 N–H and O–H groups in total. The van der Waals surface area contributed by atoms with E-state index in [1.54, 1.807) is 6.07 Å². The molecular weight excluding hydrogens is 404 g/mol. The molecule has 0 fully saturated rings. The predicted octanol–water partition coefficient (Wildman–Crippen LogP) is 6.91. The van der Waals surface area contributed by atoms with Gasteiger partial charge in [-0.25, -0.2) is 9.97 Å². The fraction of sp³-hybridized carbons (Fsp3) is 0.0370. The van der Waals surface area contributed by atoms with Crippen molar-refractivity contribution >= 4 is 22.4 Å². The highest BCUT2D eigenvalue weighted by Gasteiger charge is 2.15. The SMILES string of the molecule is Oc1ccc2ccccc2c1Cc1cnc(-c2ccccc2)nc1-c1ccc(Cl)cc1. The van der Waals surface area contributed by atoms with Gasteiger partial charge < -0.3 is 5.11 Å². The molecule has 1 aromatic heterocycles. The van der Waals surface area contributed by atoms with Crippen LogP contribution >= 0.6 is 11.6 Å². The molecule has 0 saturated heterocycles. The molecule has 0 atom stereocenters. The fourth-order valence-corrected chi connectivity index (χ4v) is 3.95. The highest BCUT2D eigenvalue weighted by atomic mass is 35.5. The number of aromatic nitrogens is 2. The van der Waals surface area contributed by atoms with Crippen molar-refractivity contribution in [3.8, 4) is 28.4 Å². The van der Waals surface area contributed by atoms with Crippen molar-refractivity contribution in [2.75, 3.05) is 0 Å². The van der Waals surface area contributed by atoms with Crippen molar-refractivity contribution in [3.63, 3.8) is 0 Å². The van der Waals surface area contributed by atoms with Crippen LogP contribution in [0, 0.1) is 0 Å². The molecule has 0 saturated carbocycles. The van der Waals surface area contributed by atoms with Crippen molar-refractivity contribution in [2.24, 2.45) is 0 Å². The maximum Gasteiger partial charge on any atom is 0.159 e. The first-order valence-corrected chi connectivity index (χ1v) is 10.4. The lowest BCUT2D eigenvalue weighted by Gasteiger charge is -2.14. The zero-order valence-corrected chi connectivity index (χ0v) is 17.4. The molecule has 1 heterocycles. The number of rotatable bonds is 4. The first-order chi connectivity index (χ1) is 15.2. The standard InChI is InChI=1S/C27H19ClN2O/c28-22-13-10-19(11-14-22)26-21(17-29-27(30-26)20-7-2-1-3-8-20)16-24-23-9-5-4-6-18(23)12-15-25(24)31/h1-15,17,31H,16H2. The Morgan fingerprint density at radius 2 is 1.48 bits per heavy atom. The number of aromatic hydroxyl groups is 1. The average Bonchev–Trinajstić information content (AvgIpc) is 2.82. The molecule has 0 radical (unpaired) electrons. The van der Waals surface area contributed by atoms with E-state index < -0.39 is 0 Å². The average molecular weight is 423 g/mol. The Morgan fingerprint density at radius 3 is 2.29 bits per heavy atom. The van der Waals surface area contributed by atoms with Crippen molar-refractivity contribution in [1.82, 2.24) is 9.97 Å². The minimum Gasteiger partial charge on any atom is -0.508 e. The van der Waals surface area contributed by atoms with E-state index in [1.807, 2.05) is 91.1 Å². The summed E-state index contributed by atoms with van der Waals surface area (Å²) in [6.07, 6.45) is 2.38. The summed E-state index contributed by atoms with van der Waals surface area (Å²) in [5.74, 6) is 0.935. The molecule has 5 aromatic rings. The van der Waals surface area contributed by atoms with Crippen LogP contribution in [0.2, 0.25) is 5.02 Å². The summed E-state index contributed by atoms with van der Waals surface area (Å²) in [5.41, 5.74) is 4.55. The van der Waals surface area contributed by atoms with Crippen molar-refractivity contribution in [1.29, 1.82) is 0 Å². The second-order valence-electron chi connectivity index (χ2n) is 7.40. The Bertz CT molecular complexity index is 1370. The molecule has 31 heavy (non-hydrogen) atoms. The molecule has 3 nitrogen and oxygen atoms in total. The first kappa shape index (κ1) is 19.3. The van der Waals surface area contributed by atoms with Gasteiger partial charge in [0.25, 0.3) is 0 Å². The van der Waals surface area contributed by atoms with Gasteiger partial charge in [-0.15, -0.1) is 0 Å². The van der Waals surface area contributed by atoms with Crippen LogP contribution in [0.25, 0.3) is 33.4 Å². The Morgan fingerprint density at radius 1 is 0.742 bits per heavy atom. The number of benzene rings is 4. The van der Waals surface area contributed by atoms with Crippen molar-refractivity contribution in [2.45, 2.75) is 6.42 Å². The third kappa shape index (κ3) is 3.88. The Labute approximate surface area is 185 Å². The number of fused-ring (bicyclic) bond motifs is 1. The van der Waals surface area contributed by atoms with Crippen LogP contribution in [-0.2, 0) is 6.42 Å². The molecule has 0 amide bonds. The van der Waals surface area contributed by atoms with Gasteiger partial charge in [0.2, 0.25) is 0 Å². The zero-order chi connectivity index (χ0) is 21.2. The lowest BCUT2D eigenvalue weighted by Crippen LogP contribution is -2.00. The summed E-state index contributed by atoms with van der Waals surface area (Å²) in [7, 11) is 0. The normalized spacial score (nSPS) is 11.0. The van der Waals surface area contributed by atoms with Crippen LogP contribution in [0.15, 0.2) is 97.2 Å². The van der Waals surface area contributed by atoms with Crippen LogP contribution in [-0.4, -0.2) is 15.1 Å². The van der Waals surface area contributed by atoms with Gasteiger partial charge in [-0.2, -0.15) is 0 Å². The van der Waals surface area contributed by atoms with Crippen LogP contribution < -0.4 is 0 Å². The Kier molecular flexibility index (Phi) is 5.11. The topological polar surface area (TPSA) is 46.0 Å². The van der Waals surface area contributed by atoms with Crippen LogP contribution in [0.5, 0.6) is 5.75 Å². The van der Waals surface area contributed by atoms with Gasteiger partial charge in [0.15, 0.2) is 5.82 Å². The third-order valence-electron chi connectivity index (χ3n) is 5.40. The molecule has 4 heteroatoms. The summed E-state index contributed by atoms with van der Waals surface area (Å²) in [6, 6.07) is 29.3. The maximum absolute atomic E-state index is 10.6.